The lowest BCUT2D eigenvalue weighted by atomic mass is 10.0. The van der Waals surface area contributed by atoms with Crippen LogP contribution in [0.2, 0.25) is 0 Å². The summed E-state index contributed by atoms with van der Waals surface area (Å²) in [6.45, 7) is 6.61. The number of ether oxygens (including phenoxy) is 3. The molecule has 0 aromatic carbocycles. The normalized spacial score (nSPS) is 12.3. The highest BCUT2D eigenvalue weighted by Gasteiger charge is 2.19. The Labute approximate surface area is 428 Å². The van der Waals surface area contributed by atoms with Gasteiger partial charge in [-0.15, -0.1) is 0 Å². The molecule has 6 heteroatoms. The standard InChI is InChI=1S/C63H114O6/c1-4-7-10-13-16-19-22-25-28-30-31-33-35-38-41-44-47-50-53-56-62(65)68-59-60(58-67-61(64)55-52-49-46-43-40-37-34-27-24-21-18-15-12-9-6-3)69-63(66)57-54-51-48-45-42-39-36-32-29-26-23-20-17-14-11-8-5-2/h17-18,20-21,26-27,29,34,60H,4-16,19,22-25,28,30-33,35-59H2,1-3H3/b20-17-,21-18-,29-26-,34-27-/t60-/m1/s1. The molecule has 0 aromatic heterocycles. The molecule has 69 heavy (non-hydrogen) atoms. The van der Waals surface area contributed by atoms with Crippen LogP contribution in [0, 0.1) is 0 Å². The molecule has 0 rings (SSSR count). The Morgan fingerprint density at radius 1 is 0.290 bits per heavy atom. The number of hydrogen-bond donors (Lipinski definition) is 0. The van der Waals surface area contributed by atoms with Gasteiger partial charge in [0.05, 0.1) is 0 Å². The van der Waals surface area contributed by atoms with E-state index in [2.05, 4.69) is 69.4 Å². The monoisotopic (exact) mass is 967 g/mol. The van der Waals surface area contributed by atoms with Crippen LogP contribution in [-0.2, 0) is 28.6 Å². The molecule has 0 aliphatic rings. The zero-order chi connectivity index (χ0) is 50.0. The molecule has 0 aliphatic carbocycles. The van der Waals surface area contributed by atoms with Crippen LogP contribution < -0.4 is 0 Å². The molecular weight excluding hydrogens is 853 g/mol. The van der Waals surface area contributed by atoms with Gasteiger partial charge in [0.2, 0.25) is 0 Å². The summed E-state index contributed by atoms with van der Waals surface area (Å²) in [7, 11) is 0. The van der Waals surface area contributed by atoms with Crippen molar-refractivity contribution in [2.75, 3.05) is 13.2 Å². The lowest BCUT2D eigenvalue weighted by molar-refractivity contribution is -0.167. The number of carbonyl (C=O) groups excluding carboxylic acids is 3. The quantitative estimate of drug-likeness (QED) is 0.0262. The van der Waals surface area contributed by atoms with Crippen LogP contribution in [0.3, 0.4) is 0 Å². The summed E-state index contributed by atoms with van der Waals surface area (Å²) in [5.41, 5.74) is 0. The number of unbranched alkanes of at least 4 members (excludes halogenated alkanes) is 36. The van der Waals surface area contributed by atoms with Crippen molar-refractivity contribution < 1.29 is 28.6 Å². The average Bonchev–Trinajstić information content (AvgIpc) is 3.35. The van der Waals surface area contributed by atoms with Gasteiger partial charge >= 0.3 is 17.9 Å². The predicted octanol–water partition coefficient (Wildman–Crippen LogP) is 20.2. The van der Waals surface area contributed by atoms with Crippen molar-refractivity contribution in [3.05, 3.63) is 48.6 Å². The van der Waals surface area contributed by atoms with Crippen LogP contribution in [0.1, 0.15) is 316 Å². The molecule has 0 unspecified atom stereocenters. The van der Waals surface area contributed by atoms with Crippen molar-refractivity contribution in [2.24, 2.45) is 0 Å². The molecule has 1 atom stereocenters. The van der Waals surface area contributed by atoms with E-state index in [1.165, 1.54) is 186 Å². The van der Waals surface area contributed by atoms with Crippen molar-refractivity contribution >= 4 is 17.9 Å². The predicted molar refractivity (Wildman–Crippen MR) is 298 cm³/mol. The first-order valence-corrected chi connectivity index (χ1v) is 30.1. The second-order valence-electron chi connectivity index (χ2n) is 20.3. The molecule has 0 amide bonds. The lowest BCUT2D eigenvalue weighted by Gasteiger charge is -2.18. The Bertz CT molecular complexity index is 1200. The number of hydrogen-bond acceptors (Lipinski definition) is 6. The Morgan fingerprint density at radius 3 is 0.826 bits per heavy atom. The third kappa shape index (κ3) is 56.2. The van der Waals surface area contributed by atoms with Gasteiger partial charge in [-0.25, -0.2) is 0 Å². The van der Waals surface area contributed by atoms with Crippen molar-refractivity contribution in [2.45, 2.75) is 322 Å². The highest BCUT2D eigenvalue weighted by molar-refractivity contribution is 5.71. The maximum atomic E-state index is 12.9. The Kier molecular flexibility index (Phi) is 55.7. The fourth-order valence-corrected chi connectivity index (χ4v) is 8.74. The molecule has 0 aromatic rings. The molecule has 0 aliphatic heterocycles. The van der Waals surface area contributed by atoms with Crippen LogP contribution in [0.25, 0.3) is 0 Å². The van der Waals surface area contributed by atoms with E-state index in [1.807, 2.05) is 0 Å². The fourth-order valence-electron chi connectivity index (χ4n) is 8.74. The highest BCUT2D eigenvalue weighted by atomic mass is 16.6. The first kappa shape index (κ1) is 66.4. The fraction of sp³-hybridized carbons (Fsp3) is 0.825. The van der Waals surface area contributed by atoms with E-state index in [4.69, 9.17) is 14.2 Å². The van der Waals surface area contributed by atoms with Crippen molar-refractivity contribution in [1.82, 2.24) is 0 Å². The average molecular weight is 968 g/mol. The molecule has 0 saturated heterocycles. The molecule has 0 fully saturated rings. The summed E-state index contributed by atoms with van der Waals surface area (Å²) >= 11 is 0. The second kappa shape index (κ2) is 57.9. The van der Waals surface area contributed by atoms with Crippen LogP contribution in [0.4, 0.5) is 0 Å². The van der Waals surface area contributed by atoms with Crippen molar-refractivity contribution in [3.63, 3.8) is 0 Å². The minimum absolute atomic E-state index is 0.0778. The minimum Gasteiger partial charge on any atom is -0.462 e. The molecule has 0 bridgehead atoms. The Balaban J connectivity index is 4.36. The van der Waals surface area contributed by atoms with E-state index in [9.17, 15) is 14.4 Å². The Morgan fingerprint density at radius 2 is 0.522 bits per heavy atom. The lowest BCUT2D eigenvalue weighted by Crippen LogP contribution is -2.30. The molecule has 402 valence electrons. The van der Waals surface area contributed by atoms with Gasteiger partial charge < -0.3 is 14.2 Å². The van der Waals surface area contributed by atoms with E-state index >= 15 is 0 Å². The summed E-state index contributed by atoms with van der Waals surface area (Å²) < 4.78 is 16.9. The van der Waals surface area contributed by atoms with Gasteiger partial charge in [0.15, 0.2) is 6.10 Å². The Hall–Kier alpha value is -2.63. The summed E-state index contributed by atoms with van der Waals surface area (Å²) in [6.07, 6.45) is 71.0. The number of esters is 3. The molecule has 0 radical (unpaired) electrons. The molecule has 0 heterocycles. The molecular formula is C63H114O6. The summed E-state index contributed by atoms with van der Waals surface area (Å²) in [4.78, 5) is 38.2. The van der Waals surface area contributed by atoms with Crippen LogP contribution in [0.5, 0.6) is 0 Å². The highest BCUT2D eigenvalue weighted by Crippen LogP contribution is 2.17. The SMILES string of the molecule is CCCCC/C=C\C/C=C\CCCCCCCCCC(=O)O[C@H](COC(=O)CCCCCCC/C=C\C/C=C\CCCCC)COC(=O)CCCCCCCCCCCCCCCCCCCCC. The van der Waals surface area contributed by atoms with Crippen molar-refractivity contribution in [3.8, 4) is 0 Å². The van der Waals surface area contributed by atoms with Crippen LogP contribution in [0.15, 0.2) is 48.6 Å². The largest absolute Gasteiger partial charge is 0.462 e. The van der Waals surface area contributed by atoms with Gasteiger partial charge in [-0.1, -0.05) is 262 Å². The zero-order valence-corrected chi connectivity index (χ0v) is 46.1. The molecule has 0 saturated carbocycles. The summed E-state index contributed by atoms with van der Waals surface area (Å²) in [6, 6.07) is 0. The molecule has 0 spiro atoms. The van der Waals surface area contributed by atoms with Crippen molar-refractivity contribution in [1.29, 1.82) is 0 Å². The number of rotatable bonds is 55. The third-order valence-electron chi connectivity index (χ3n) is 13.3. The zero-order valence-electron chi connectivity index (χ0n) is 46.1. The van der Waals surface area contributed by atoms with Crippen LogP contribution in [-0.4, -0.2) is 37.2 Å². The second-order valence-corrected chi connectivity index (χ2v) is 20.3. The maximum Gasteiger partial charge on any atom is 0.306 e. The number of carbonyl (C=O) groups is 3. The van der Waals surface area contributed by atoms with Gasteiger partial charge in [0.25, 0.3) is 0 Å². The summed E-state index contributed by atoms with van der Waals surface area (Å²) in [5.74, 6) is -0.883. The van der Waals surface area contributed by atoms with Gasteiger partial charge in [-0.3, -0.25) is 14.4 Å². The van der Waals surface area contributed by atoms with Gasteiger partial charge in [0.1, 0.15) is 13.2 Å². The molecule has 0 N–H and O–H groups in total. The van der Waals surface area contributed by atoms with Crippen LogP contribution >= 0.6 is 0 Å². The van der Waals surface area contributed by atoms with E-state index < -0.39 is 6.10 Å². The van der Waals surface area contributed by atoms with E-state index in [-0.39, 0.29) is 31.1 Å². The molecule has 6 nitrogen and oxygen atoms in total. The smallest absolute Gasteiger partial charge is 0.306 e. The minimum atomic E-state index is -0.782. The van der Waals surface area contributed by atoms with E-state index in [0.717, 1.165) is 89.9 Å². The summed E-state index contributed by atoms with van der Waals surface area (Å²) in [5, 5.41) is 0. The van der Waals surface area contributed by atoms with Gasteiger partial charge in [-0.2, -0.15) is 0 Å². The first-order chi connectivity index (χ1) is 34.0. The van der Waals surface area contributed by atoms with Gasteiger partial charge in [0, 0.05) is 19.3 Å². The topological polar surface area (TPSA) is 78.9 Å². The third-order valence-corrected chi connectivity index (χ3v) is 13.3. The van der Waals surface area contributed by atoms with E-state index in [1.54, 1.807) is 0 Å². The van der Waals surface area contributed by atoms with Gasteiger partial charge in [-0.05, 0) is 83.5 Å². The maximum absolute atomic E-state index is 12.9. The number of allylic oxidation sites excluding steroid dienone is 8. The van der Waals surface area contributed by atoms with E-state index in [0.29, 0.717) is 19.3 Å². The first-order valence-electron chi connectivity index (χ1n) is 30.1.